The zero-order chi connectivity index (χ0) is 13.0. The third kappa shape index (κ3) is 3.31. The normalized spacial score (nSPS) is 12.6. The quantitative estimate of drug-likeness (QED) is 0.869. The summed E-state index contributed by atoms with van der Waals surface area (Å²) in [6.45, 7) is 4.99. The zero-order valence-corrected chi connectivity index (χ0v) is 11.5. The topological polar surface area (TPSA) is 45.2 Å². The number of rotatable bonds is 5. The van der Waals surface area contributed by atoms with Crippen LogP contribution in [0.15, 0.2) is 30.5 Å². The van der Waals surface area contributed by atoms with Crippen LogP contribution in [0.1, 0.15) is 35.3 Å². The van der Waals surface area contributed by atoms with Crippen LogP contribution in [-0.2, 0) is 13.0 Å². The molecular weight excluding hydrogens is 244 g/mol. The summed E-state index contributed by atoms with van der Waals surface area (Å²) in [4.78, 5) is 5.69. The number of aromatic nitrogens is 1. The molecule has 0 aliphatic heterocycles. The summed E-state index contributed by atoms with van der Waals surface area (Å²) in [6.07, 6.45) is 2.99. The van der Waals surface area contributed by atoms with E-state index in [9.17, 15) is 5.11 Å². The van der Waals surface area contributed by atoms with Gasteiger partial charge in [0.05, 0.1) is 0 Å². The molecule has 18 heavy (non-hydrogen) atoms. The van der Waals surface area contributed by atoms with E-state index in [1.807, 2.05) is 18.3 Å². The van der Waals surface area contributed by atoms with Crippen molar-refractivity contribution in [2.24, 2.45) is 0 Å². The van der Waals surface area contributed by atoms with Gasteiger partial charge in [-0.1, -0.05) is 19.1 Å². The molecule has 2 N–H and O–H groups in total. The average molecular weight is 262 g/mol. The molecule has 1 aromatic carbocycles. The first-order chi connectivity index (χ1) is 8.69. The molecule has 1 heterocycles. The van der Waals surface area contributed by atoms with Gasteiger partial charge < -0.3 is 10.4 Å². The number of aryl methyl sites for hydroxylation is 1. The van der Waals surface area contributed by atoms with Crippen LogP contribution in [0.2, 0.25) is 0 Å². The number of hydrogen-bond acceptors (Lipinski definition) is 4. The molecule has 0 bridgehead atoms. The van der Waals surface area contributed by atoms with E-state index < -0.39 is 0 Å². The molecule has 4 heteroatoms. The standard InChI is InChI=1S/C14H18N2OS/c1-3-13-8-16-14(18-13)9-15-10(2)11-5-4-6-12(17)7-11/h4-8,10,15,17H,3,9H2,1-2H3. The highest BCUT2D eigenvalue weighted by atomic mass is 32.1. The maximum Gasteiger partial charge on any atom is 0.115 e. The Balaban J connectivity index is 1.93. The van der Waals surface area contributed by atoms with E-state index in [4.69, 9.17) is 0 Å². The van der Waals surface area contributed by atoms with Gasteiger partial charge in [0, 0.05) is 23.7 Å². The fourth-order valence-electron chi connectivity index (χ4n) is 1.75. The minimum atomic E-state index is 0.200. The Hall–Kier alpha value is -1.39. The number of hydrogen-bond donors (Lipinski definition) is 2. The predicted molar refractivity (Wildman–Crippen MR) is 74.9 cm³/mol. The van der Waals surface area contributed by atoms with Crippen molar-refractivity contribution < 1.29 is 5.11 Å². The maximum absolute atomic E-state index is 9.44. The highest BCUT2D eigenvalue weighted by Gasteiger charge is 2.07. The minimum Gasteiger partial charge on any atom is -0.508 e. The fourth-order valence-corrected chi connectivity index (χ4v) is 2.56. The SMILES string of the molecule is CCc1cnc(CNC(C)c2cccc(O)c2)s1. The largest absolute Gasteiger partial charge is 0.508 e. The smallest absolute Gasteiger partial charge is 0.115 e. The van der Waals surface area contributed by atoms with Gasteiger partial charge in [-0.05, 0) is 31.0 Å². The van der Waals surface area contributed by atoms with E-state index >= 15 is 0 Å². The Labute approximate surface area is 112 Å². The third-order valence-electron chi connectivity index (χ3n) is 2.88. The average Bonchev–Trinajstić information content (AvgIpc) is 2.84. The van der Waals surface area contributed by atoms with Crippen LogP contribution in [-0.4, -0.2) is 10.1 Å². The summed E-state index contributed by atoms with van der Waals surface area (Å²) in [7, 11) is 0. The van der Waals surface area contributed by atoms with Crippen LogP contribution in [0.4, 0.5) is 0 Å². The monoisotopic (exact) mass is 262 g/mol. The number of nitrogens with one attached hydrogen (secondary N) is 1. The van der Waals surface area contributed by atoms with Crippen molar-refractivity contribution in [1.82, 2.24) is 10.3 Å². The number of aromatic hydroxyl groups is 1. The zero-order valence-electron chi connectivity index (χ0n) is 10.7. The summed E-state index contributed by atoms with van der Waals surface area (Å²) in [6, 6.07) is 7.55. The van der Waals surface area contributed by atoms with Gasteiger partial charge in [-0.3, -0.25) is 0 Å². The summed E-state index contributed by atoms with van der Waals surface area (Å²) < 4.78 is 0. The Morgan fingerprint density at radius 3 is 2.94 bits per heavy atom. The number of phenols is 1. The highest BCUT2D eigenvalue weighted by Crippen LogP contribution is 2.19. The minimum absolute atomic E-state index is 0.200. The van der Waals surface area contributed by atoms with Crippen molar-refractivity contribution in [1.29, 1.82) is 0 Å². The molecule has 2 aromatic rings. The second-order valence-corrected chi connectivity index (χ2v) is 5.47. The lowest BCUT2D eigenvalue weighted by Crippen LogP contribution is -2.17. The summed E-state index contributed by atoms with van der Waals surface area (Å²) in [5, 5.41) is 14.0. The highest BCUT2D eigenvalue weighted by molar-refractivity contribution is 7.11. The van der Waals surface area contributed by atoms with E-state index in [0.717, 1.165) is 23.5 Å². The lowest BCUT2D eigenvalue weighted by Gasteiger charge is -2.13. The van der Waals surface area contributed by atoms with E-state index in [-0.39, 0.29) is 6.04 Å². The summed E-state index contributed by atoms with van der Waals surface area (Å²) in [5.41, 5.74) is 1.09. The predicted octanol–water partition coefficient (Wildman–Crippen LogP) is 3.26. The molecule has 0 saturated carbocycles. The molecule has 96 valence electrons. The van der Waals surface area contributed by atoms with Gasteiger partial charge in [-0.15, -0.1) is 11.3 Å². The van der Waals surface area contributed by atoms with E-state index in [1.165, 1.54) is 4.88 Å². The fraction of sp³-hybridized carbons (Fsp3) is 0.357. The van der Waals surface area contributed by atoms with Crippen molar-refractivity contribution in [3.8, 4) is 5.75 Å². The molecule has 1 aromatic heterocycles. The van der Waals surface area contributed by atoms with E-state index in [0.29, 0.717) is 5.75 Å². The molecule has 0 aliphatic rings. The molecule has 1 unspecified atom stereocenters. The van der Waals surface area contributed by atoms with Crippen molar-refractivity contribution in [3.05, 3.63) is 45.9 Å². The molecule has 0 aliphatic carbocycles. The molecule has 0 amide bonds. The van der Waals surface area contributed by atoms with E-state index in [1.54, 1.807) is 23.5 Å². The lowest BCUT2D eigenvalue weighted by molar-refractivity contribution is 0.472. The van der Waals surface area contributed by atoms with Crippen molar-refractivity contribution in [3.63, 3.8) is 0 Å². The van der Waals surface area contributed by atoms with Gasteiger partial charge >= 0.3 is 0 Å². The molecular formula is C14H18N2OS. The Bertz CT molecular complexity index is 510. The first-order valence-corrected chi connectivity index (χ1v) is 6.96. The number of phenolic OH excluding ortho intramolecular Hbond substituents is 1. The molecule has 0 spiro atoms. The molecule has 0 radical (unpaired) electrons. The van der Waals surface area contributed by atoms with Crippen molar-refractivity contribution in [2.45, 2.75) is 32.9 Å². The van der Waals surface area contributed by atoms with Crippen LogP contribution >= 0.6 is 11.3 Å². The Morgan fingerprint density at radius 1 is 1.44 bits per heavy atom. The third-order valence-corrected chi connectivity index (χ3v) is 4.02. The van der Waals surface area contributed by atoms with Crippen LogP contribution in [0.5, 0.6) is 5.75 Å². The van der Waals surface area contributed by atoms with Crippen molar-refractivity contribution >= 4 is 11.3 Å². The summed E-state index contributed by atoms with van der Waals surface area (Å²) >= 11 is 1.75. The maximum atomic E-state index is 9.44. The van der Waals surface area contributed by atoms with Crippen LogP contribution in [0.25, 0.3) is 0 Å². The number of benzene rings is 1. The molecule has 2 rings (SSSR count). The second kappa shape index (κ2) is 5.98. The van der Waals surface area contributed by atoms with Crippen LogP contribution < -0.4 is 5.32 Å². The van der Waals surface area contributed by atoms with E-state index in [2.05, 4.69) is 24.1 Å². The second-order valence-electron chi connectivity index (χ2n) is 4.27. The van der Waals surface area contributed by atoms with Crippen molar-refractivity contribution in [2.75, 3.05) is 0 Å². The number of thiazole rings is 1. The summed E-state index contributed by atoms with van der Waals surface area (Å²) in [5.74, 6) is 0.309. The van der Waals surface area contributed by atoms with Gasteiger partial charge in [0.15, 0.2) is 0 Å². The van der Waals surface area contributed by atoms with Gasteiger partial charge in [-0.2, -0.15) is 0 Å². The Kier molecular flexibility index (Phi) is 4.33. The van der Waals surface area contributed by atoms with Gasteiger partial charge in [0.2, 0.25) is 0 Å². The molecule has 3 nitrogen and oxygen atoms in total. The van der Waals surface area contributed by atoms with Gasteiger partial charge in [0.25, 0.3) is 0 Å². The first kappa shape index (κ1) is 13.1. The molecule has 0 saturated heterocycles. The molecule has 0 fully saturated rings. The lowest BCUT2D eigenvalue weighted by atomic mass is 10.1. The first-order valence-electron chi connectivity index (χ1n) is 6.15. The molecule has 1 atom stereocenters. The number of nitrogens with zero attached hydrogens (tertiary/aromatic N) is 1. The van der Waals surface area contributed by atoms with Crippen LogP contribution in [0, 0.1) is 0 Å². The van der Waals surface area contributed by atoms with Crippen LogP contribution in [0.3, 0.4) is 0 Å². The van der Waals surface area contributed by atoms with Gasteiger partial charge in [-0.25, -0.2) is 4.98 Å². The van der Waals surface area contributed by atoms with Gasteiger partial charge in [0.1, 0.15) is 10.8 Å². The Morgan fingerprint density at radius 2 is 2.28 bits per heavy atom.